The summed E-state index contributed by atoms with van der Waals surface area (Å²) in [5.41, 5.74) is 0. The first-order valence-electron chi connectivity index (χ1n) is 5.62. The molecule has 0 bridgehead atoms. The van der Waals surface area contributed by atoms with E-state index in [1.54, 1.807) is 0 Å². The van der Waals surface area contributed by atoms with E-state index in [1.807, 2.05) is 13.8 Å². The zero-order valence-corrected chi connectivity index (χ0v) is 10.9. The third-order valence-electron chi connectivity index (χ3n) is 1.98. The predicted octanol–water partition coefficient (Wildman–Crippen LogP) is 0.103. The molecule has 0 aliphatic rings. The second-order valence-electron chi connectivity index (χ2n) is 4.11. The van der Waals surface area contributed by atoms with Gasteiger partial charge in [-0.25, -0.2) is 0 Å². The lowest BCUT2D eigenvalue weighted by molar-refractivity contribution is -0.148. The fraction of sp³-hybridized carbons (Fsp3) is 0.909. The molecule has 102 valence electrons. The highest BCUT2D eigenvalue weighted by atomic mass is 16.7. The molecule has 0 spiro atoms. The average molecular weight is 249 g/mol. The number of aliphatic hydroxyl groups excluding tert-OH is 1. The Labute approximate surface area is 102 Å². The van der Waals surface area contributed by atoms with Gasteiger partial charge >= 0.3 is 5.97 Å². The summed E-state index contributed by atoms with van der Waals surface area (Å²) in [5.74, 6) is -0.138. The van der Waals surface area contributed by atoms with Crippen molar-refractivity contribution in [2.24, 2.45) is 5.92 Å². The number of rotatable bonds is 9. The van der Waals surface area contributed by atoms with E-state index in [9.17, 15) is 9.90 Å². The fourth-order valence-electron chi connectivity index (χ4n) is 1.04. The highest BCUT2D eigenvalue weighted by Gasteiger charge is 2.14. The normalized spacial score (nSPS) is 13.1. The Bertz CT molecular complexity index is 206. The van der Waals surface area contributed by atoms with Crippen molar-refractivity contribution < 1.29 is 24.1 Å². The van der Waals surface area contributed by atoms with Crippen molar-refractivity contribution in [3.8, 4) is 0 Å². The van der Waals surface area contributed by atoms with Crippen LogP contribution in [0.5, 0.6) is 0 Å². The van der Waals surface area contributed by atoms with Crippen LogP contribution in [0.2, 0.25) is 0 Å². The third kappa shape index (κ3) is 9.05. The van der Waals surface area contributed by atoms with E-state index in [-0.39, 0.29) is 12.3 Å². The molecule has 0 aliphatic heterocycles. The molecular weight excluding hydrogens is 226 g/mol. The van der Waals surface area contributed by atoms with Crippen molar-refractivity contribution in [2.45, 2.75) is 32.8 Å². The maximum Gasteiger partial charge on any atom is 0.309 e. The Hall–Kier alpha value is -0.690. The molecule has 1 atom stereocenters. The summed E-state index contributed by atoms with van der Waals surface area (Å²) in [6, 6.07) is 0. The number of ether oxygens (including phenoxy) is 3. The molecule has 0 radical (unpaired) electrons. The molecule has 2 N–H and O–H groups in total. The Morgan fingerprint density at radius 3 is 2.35 bits per heavy atom. The molecule has 0 fully saturated rings. The highest BCUT2D eigenvalue weighted by Crippen LogP contribution is 1.98. The Morgan fingerprint density at radius 2 is 1.88 bits per heavy atom. The van der Waals surface area contributed by atoms with Crippen LogP contribution in [0, 0.1) is 5.92 Å². The van der Waals surface area contributed by atoms with Gasteiger partial charge in [-0.1, -0.05) is 13.8 Å². The Balaban J connectivity index is 3.70. The van der Waals surface area contributed by atoms with Gasteiger partial charge in [0.2, 0.25) is 0 Å². The molecule has 0 saturated heterocycles. The highest BCUT2D eigenvalue weighted by molar-refractivity contribution is 5.69. The molecule has 0 unspecified atom stereocenters. The minimum atomic E-state index is -0.956. The van der Waals surface area contributed by atoms with Crippen molar-refractivity contribution in [1.82, 2.24) is 5.32 Å². The molecular formula is C11H23NO5. The molecule has 0 aromatic heterocycles. The number of nitrogens with one attached hydrogen (secondary N) is 1. The van der Waals surface area contributed by atoms with Crippen molar-refractivity contribution in [3.05, 3.63) is 0 Å². The van der Waals surface area contributed by atoms with E-state index in [1.165, 1.54) is 14.2 Å². The van der Waals surface area contributed by atoms with Crippen LogP contribution in [0.1, 0.15) is 20.3 Å². The summed E-state index contributed by atoms with van der Waals surface area (Å²) in [6.45, 7) is 4.56. The second kappa shape index (κ2) is 9.35. The van der Waals surface area contributed by atoms with E-state index >= 15 is 0 Å². The standard InChI is InChI=1S/C11H23NO5/c1-8(2)7-17-10(14)5-9(13)12-6-11(15-3)16-4/h8-9,11-13H,5-7H2,1-4H3/t9-/m1/s1. The van der Waals surface area contributed by atoms with Gasteiger partial charge in [0, 0.05) is 20.8 Å². The number of esters is 1. The van der Waals surface area contributed by atoms with Crippen LogP contribution in [0.15, 0.2) is 0 Å². The van der Waals surface area contributed by atoms with Gasteiger partial charge in [-0.3, -0.25) is 10.1 Å². The van der Waals surface area contributed by atoms with Gasteiger partial charge in [0.1, 0.15) is 6.23 Å². The average Bonchev–Trinajstić information content (AvgIpc) is 2.27. The second-order valence-corrected chi connectivity index (χ2v) is 4.11. The fourth-order valence-corrected chi connectivity index (χ4v) is 1.04. The molecule has 6 heteroatoms. The van der Waals surface area contributed by atoms with Gasteiger partial charge < -0.3 is 19.3 Å². The molecule has 0 rings (SSSR count). The van der Waals surface area contributed by atoms with Crippen LogP contribution in [0.4, 0.5) is 0 Å². The zero-order chi connectivity index (χ0) is 13.3. The van der Waals surface area contributed by atoms with Crippen molar-refractivity contribution in [2.75, 3.05) is 27.4 Å². The molecule has 6 nitrogen and oxygen atoms in total. The first-order valence-corrected chi connectivity index (χ1v) is 5.62. The van der Waals surface area contributed by atoms with Gasteiger partial charge in [-0.15, -0.1) is 0 Å². The van der Waals surface area contributed by atoms with E-state index < -0.39 is 18.5 Å². The summed E-state index contributed by atoms with van der Waals surface area (Å²) >= 11 is 0. The van der Waals surface area contributed by atoms with Gasteiger partial charge in [0.25, 0.3) is 0 Å². The topological polar surface area (TPSA) is 77.0 Å². The SMILES string of the molecule is COC(CN[C@H](O)CC(=O)OCC(C)C)OC. The summed E-state index contributed by atoms with van der Waals surface area (Å²) in [7, 11) is 3.00. The summed E-state index contributed by atoms with van der Waals surface area (Å²) < 4.78 is 14.8. The largest absolute Gasteiger partial charge is 0.465 e. The molecule has 17 heavy (non-hydrogen) atoms. The van der Waals surface area contributed by atoms with E-state index in [2.05, 4.69) is 5.32 Å². The zero-order valence-electron chi connectivity index (χ0n) is 10.9. The molecule has 0 aromatic rings. The van der Waals surface area contributed by atoms with Gasteiger partial charge in [0.05, 0.1) is 13.0 Å². The first kappa shape index (κ1) is 16.3. The quantitative estimate of drug-likeness (QED) is 0.446. The minimum absolute atomic E-state index is 0.0904. The number of methoxy groups -OCH3 is 2. The number of carbonyl (C=O) groups is 1. The van der Waals surface area contributed by atoms with Crippen LogP contribution in [-0.2, 0) is 19.0 Å². The molecule has 0 aromatic carbocycles. The van der Waals surface area contributed by atoms with Crippen LogP contribution >= 0.6 is 0 Å². The maximum absolute atomic E-state index is 11.3. The molecule has 0 aliphatic carbocycles. The van der Waals surface area contributed by atoms with Crippen molar-refractivity contribution in [1.29, 1.82) is 0 Å². The number of aliphatic hydroxyl groups is 1. The third-order valence-corrected chi connectivity index (χ3v) is 1.98. The van der Waals surface area contributed by atoms with Gasteiger partial charge in [0.15, 0.2) is 6.29 Å². The number of hydrogen-bond acceptors (Lipinski definition) is 6. The number of carbonyl (C=O) groups excluding carboxylic acids is 1. The van der Waals surface area contributed by atoms with Crippen molar-refractivity contribution >= 4 is 5.97 Å². The lowest BCUT2D eigenvalue weighted by atomic mass is 10.2. The van der Waals surface area contributed by atoms with Crippen molar-refractivity contribution in [3.63, 3.8) is 0 Å². The summed E-state index contributed by atoms with van der Waals surface area (Å²) in [4.78, 5) is 11.3. The van der Waals surface area contributed by atoms with Crippen LogP contribution in [-0.4, -0.2) is 51.0 Å². The smallest absolute Gasteiger partial charge is 0.309 e. The molecule has 0 saturated carbocycles. The van der Waals surface area contributed by atoms with Crippen LogP contribution < -0.4 is 5.32 Å². The molecule has 0 amide bonds. The minimum Gasteiger partial charge on any atom is -0.465 e. The van der Waals surface area contributed by atoms with Gasteiger partial charge in [-0.2, -0.15) is 0 Å². The van der Waals surface area contributed by atoms with Crippen LogP contribution in [0.3, 0.4) is 0 Å². The summed E-state index contributed by atoms with van der Waals surface area (Å²) in [6.07, 6.45) is -1.49. The predicted molar refractivity (Wildman–Crippen MR) is 62.2 cm³/mol. The summed E-state index contributed by atoms with van der Waals surface area (Å²) in [5, 5.41) is 12.2. The first-order chi connectivity index (χ1) is 7.99. The monoisotopic (exact) mass is 249 g/mol. The van der Waals surface area contributed by atoms with E-state index in [4.69, 9.17) is 14.2 Å². The number of hydrogen-bond donors (Lipinski definition) is 2. The van der Waals surface area contributed by atoms with E-state index in [0.29, 0.717) is 13.2 Å². The van der Waals surface area contributed by atoms with Crippen LogP contribution in [0.25, 0.3) is 0 Å². The maximum atomic E-state index is 11.3. The lowest BCUT2D eigenvalue weighted by Crippen LogP contribution is -2.38. The molecule has 0 heterocycles. The van der Waals surface area contributed by atoms with E-state index in [0.717, 1.165) is 0 Å². The Kier molecular flexibility index (Phi) is 8.97. The van der Waals surface area contributed by atoms with Gasteiger partial charge in [-0.05, 0) is 5.92 Å². The lowest BCUT2D eigenvalue weighted by Gasteiger charge is -2.17. The Morgan fingerprint density at radius 1 is 1.29 bits per heavy atom.